The van der Waals surface area contributed by atoms with Crippen LogP contribution in [0.15, 0.2) is 0 Å². The van der Waals surface area contributed by atoms with Crippen LogP contribution in [-0.2, 0) is 14.4 Å². The van der Waals surface area contributed by atoms with Crippen molar-refractivity contribution in [1.29, 1.82) is 0 Å². The first-order chi connectivity index (χ1) is 10.7. The molecule has 0 aliphatic carbocycles. The fourth-order valence-corrected chi connectivity index (χ4v) is 2.16. The average Bonchev–Trinajstić information content (AvgIpc) is 2.49. The van der Waals surface area contributed by atoms with Gasteiger partial charge in [-0.15, -0.1) is 0 Å². The van der Waals surface area contributed by atoms with Crippen LogP contribution in [0.25, 0.3) is 0 Å². The molecule has 0 heterocycles. The van der Waals surface area contributed by atoms with Crippen molar-refractivity contribution in [2.45, 2.75) is 32.0 Å². The molecule has 8 nitrogen and oxygen atoms in total. The fourth-order valence-electron chi connectivity index (χ4n) is 1.65. The summed E-state index contributed by atoms with van der Waals surface area (Å²) < 4.78 is 0. The molecule has 0 rings (SSSR count). The highest BCUT2D eigenvalue weighted by Gasteiger charge is 2.24. The number of amides is 3. The molecular weight excluding hydrogens is 340 g/mol. The maximum absolute atomic E-state index is 11.9. The molecule has 0 aromatic heterocycles. The maximum Gasteiger partial charge on any atom is 0.240 e. The summed E-state index contributed by atoms with van der Waals surface area (Å²) in [6, 6.07) is -1.52. The number of nitrogens with one attached hydrogen (secondary N) is 3. The summed E-state index contributed by atoms with van der Waals surface area (Å²) in [4.78, 5) is 35.1. The first-order valence-electron chi connectivity index (χ1n) is 7.22. The topological polar surface area (TPSA) is 134 Å². The number of thiol groups is 2. The number of carbonyl (C=O) groups excluding carboxylic acids is 3. The van der Waals surface area contributed by atoms with Gasteiger partial charge in [0.15, 0.2) is 0 Å². The molecule has 3 amide bonds. The van der Waals surface area contributed by atoms with E-state index < -0.39 is 30.0 Å². The second-order valence-electron chi connectivity index (χ2n) is 5.32. The van der Waals surface area contributed by atoms with Crippen molar-refractivity contribution in [3.05, 3.63) is 0 Å². The maximum atomic E-state index is 11.9. The Labute approximate surface area is 147 Å². The minimum absolute atomic E-state index is 0.111. The van der Waals surface area contributed by atoms with Crippen LogP contribution in [0.1, 0.15) is 13.8 Å². The molecule has 0 aliphatic rings. The van der Waals surface area contributed by atoms with Gasteiger partial charge in [-0.3, -0.25) is 19.7 Å². The highest BCUT2D eigenvalue weighted by Crippen LogP contribution is 2.04. The van der Waals surface area contributed by atoms with Gasteiger partial charge >= 0.3 is 0 Å². The zero-order valence-corrected chi connectivity index (χ0v) is 15.1. The van der Waals surface area contributed by atoms with Gasteiger partial charge in [0, 0.05) is 12.3 Å². The van der Waals surface area contributed by atoms with Crippen LogP contribution in [0.4, 0.5) is 0 Å². The van der Waals surface area contributed by atoms with Gasteiger partial charge in [-0.1, -0.05) is 6.92 Å². The van der Waals surface area contributed by atoms with Gasteiger partial charge in [0.05, 0.1) is 18.7 Å². The lowest BCUT2D eigenvalue weighted by atomic mass is 10.0. The normalized spacial score (nSPS) is 16.0. The van der Waals surface area contributed by atoms with Crippen LogP contribution >= 0.6 is 25.3 Å². The molecule has 4 atom stereocenters. The number of carbonyl (C=O) groups is 3. The van der Waals surface area contributed by atoms with E-state index in [9.17, 15) is 14.4 Å². The molecule has 0 fully saturated rings. The summed E-state index contributed by atoms with van der Waals surface area (Å²) in [6.45, 7) is 3.23. The Balaban J connectivity index is 4.42. The summed E-state index contributed by atoms with van der Waals surface area (Å²) in [5.74, 6) is -1.12. The van der Waals surface area contributed by atoms with Gasteiger partial charge in [-0.05, 0) is 18.6 Å². The number of aliphatic hydroxyl groups is 1. The molecule has 0 aromatic carbocycles. The largest absolute Gasteiger partial charge is 0.392 e. The second-order valence-corrected chi connectivity index (χ2v) is 6.05. The van der Waals surface area contributed by atoms with Gasteiger partial charge < -0.3 is 21.5 Å². The van der Waals surface area contributed by atoms with Crippen molar-refractivity contribution >= 4 is 43.0 Å². The molecule has 4 unspecified atom stereocenters. The highest BCUT2D eigenvalue weighted by atomic mass is 32.1. The molecule has 0 bridgehead atoms. The van der Waals surface area contributed by atoms with Crippen LogP contribution in [0, 0.1) is 5.92 Å². The lowest BCUT2D eigenvalue weighted by Crippen LogP contribution is -2.54. The van der Waals surface area contributed by atoms with Crippen LogP contribution in [0.2, 0.25) is 0 Å². The number of primary amides is 1. The summed E-state index contributed by atoms with van der Waals surface area (Å²) in [5, 5.41) is 16.9. The van der Waals surface area contributed by atoms with Crippen molar-refractivity contribution in [2.75, 3.05) is 24.6 Å². The molecule has 0 spiro atoms. The number of hydrogen-bond donors (Lipinski definition) is 7. The van der Waals surface area contributed by atoms with Crippen LogP contribution < -0.4 is 21.7 Å². The minimum atomic E-state index is -0.819. The SMILES string of the molecule is CC(O)CNC(=O)C(CS)NCC(=O)NC(C(N)=O)C(C)CS. The Hall–Kier alpha value is -0.970. The van der Waals surface area contributed by atoms with E-state index in [4.69, 9.17) is 10.8 Å². The van der Waals surface area contributed by atoms with E-state index in [1.165, 1.54) is 0 Å². The number of nitrogens with two attached hydrogens (primary N) is 1. The first-order valence-corrected chi connectivity index (χ1v) is 8.48. The molecule has 0 saturated heterocycles. The molecular formula is C13H26N4O4S2. The lowest BCUT2D eigenvalue weighted by Gasteiger charge is -2.22. The van der Waals surface area contributed by atoms with Gasteiger partial charge in [0.25, 0.3) is 0 Å². The molecule has 0 aliphatic heterocycles. The average molecular weight is 367 g/mol. The Morgan fingerprint density at radius 1 is 1.17 bits per heavy atom. The van der Waals surface area contributed by atoms with Gasteiger partial charge in [0.2, 0.25) is 17.7 Å². The van der Waals surface area contributed by atoms with Gasteiger partial charge in [-0.2, -0.15) is 25.3 Å². The smallest absolute Gasteiger partial charge is 0.240 e. The number of aliphatic hydroxyl groups excluding tert-OH is 1. The molecule has 6 N–H and O–H groups in total. The third-order valence-electron chi connectivity index (χ3n) is 3.06. The summed E-state index contributed by atoms with van der Waals surface area (Å²) in [5.41, 5.74) is 5.25. The van der Waals surface area contributed by atoms with Crippen molar-refractivity contribution < 1.29 is 19.5 Å². The number of hydrogen-bond acceptors (Lipinski definition) is 7. The van der Waals surface area contributed by atoms with Crippen molar-refractivity contribution in [3.8, 4) is 0 Å². The quantitative estimate of drug-likeness (QED) is 0.211. The van der Waals surface area contributed by atoms with E-state index in [0.717, 1.165) is 0 Å². The predicted molar refractivity (Wildman–Crippen MR) is 94.5 cm³/mol. The van der Waals surface area contributed by atoms with E-state index in [2.05, 4.69) is 41.2 Å². The van der Waals surface area contributed by atoms with Gasteiger partial charge in [-0.25, -0.2) is 0 Å². The fraction of sp³-hybridized carbons (Fsp3) is 0.769. The Morgan fingerprint density at radius 2 is 1.78 bits per heavy atom. The molecule has 0 saturated carbocycles. The van der Waals surface area contributed by atoms with E-state index in [1.807, 2.05) is 0 Å². The summed E-state index contributed by atoms with van der Waals surface area (Å²) in [7, 11) is 0. The van der Waals surface area contributed by atoms with Crippen LogP contribution in [0.5, 0.6) is 0 Å². The minimum Gasteiger partial charge on any atom is -0.392 e. The molecule has 134 valence electrons. The van der Waals surface area contributed by atoms with Crippen LogP contribution in [-0.4, -0.2) is 65.6 Å². The Morgan fingerprint density at radius 3 is 2.22 bits per heavy atom. The van der Waals surface area contributed by atoms with E-state index >= 15 is 0 Å². The van der Waals surface area contributed by atoms with Crippen molar-refractivity contribution in [3.63, 3.8) is 0 Å². The first kappa shape index (κ1) is 22.0. The predicted octanol–water partition coefficient (Wildman–Crippen LogP) is -2.09. The highest BCUT2D eigenvalue weighted by molar-refractivity contribution is 7.80. The van der Waals surface area contributed by atoms with Gasteiger partial charge in [0.1, 0.15) is 6.04 Å². The zero-order valence-electron chi connectivity index (χ0n) is 13.3. The molecule has 0 aromatic rings. The molecule has 10 heteroatoms. The summed E-state index contributed by atoms with van der Waals surface area (Å²) in [6.07, 6.45) is -0.665. The molecule has 0 radical (unpaired) electrons. The lowest BCUT2D eigenvalue weighted by molar-refractivity contribution is -0.128. The van der Waals surface area contributed by atoms with E-state index in [1.54, 1.807) is 13.8 Å². The Kier molecular flexibility index (Phi) is 11.1. The standard InChI is InChI=1S/C13H26N4O4S2/c1-7(5-22)11(12(14)20)17-10(19)4-15-9(6-23)13(21)16-3-8(2)18/h7-9,11,15,18,22-23H,3-6H2,1-2H3,(H2,14,20)(H,16,21)(H,17,19). The third-order valence-corrected chi connectivity index (χ3v) is 4.00. The monoisotopic (exact) mass is 366 g/mol. The van der Waals surface area contributed by atoms with Crippen molar-refractivity contribution in [1.82, 2.24) is 16.0 Å². The number of rotatable bonds is 11. The van der Waals surface area contributed by atoms with Crippen molar-refractivity contribution in [2.24, 2.45) is 11.7 Å². The zero-order chi connectivity index (χ0) is 18.0. The van der Waals surface area contributed by atoms with E-state index in [-0.39, 0.29) is 30.7 Å². The molecule has 23 heavy (non-hydrogen) atoms. The summed E-state index contributed by atoms with van der Waals surface area (Å²) >= 11 is 8.13. The van der Waals surface area contributed by atoms with Crippen LogP contribution in [0.3, 0.4) is 0 Å². The third kappa shape index (κ3) is 9.04. The second kappa shape index (κ2) is 11.5. The Bertz CT molecular complexity index is 409. The van der Waals surface area contributed by atoms with E-state index in [0.29, 0.717) is 5.75 Å².